The molecule has 0 saturated carbocycles. The van der Waals surface area contributed by atoms with E-state index in [-0.39, 0.29) is 12.6 Å². The minimum Gasteiger partial charge on any atom is -0.327 e. The van der Waals surface area contributed by atoms with Gasteiger partial charge in [0.2, 0.25) is 0 Å². The third kappa shape index (κ3) is 2.06. The van der Waals surface area contributed by atoms with Crippen molar-refractivity contribution in [3.63, 3.8) is 0 Å². The summed E-state index contributed by atoms with van der Waals surface area (Å²) in [5, 5.41) is 3.32. The maximum absolute atomic E-state index is 15.4. The molecule has 2 nitrogen and oxygen atoms in total. The van der Waals surface area contributed by atoms with Crippen molar-refractivity contribution in [2.45, 2.75) is 38.9 Å². The van der Waals surface area contributed by atoms with Crippen molar-refractivity contribution in [2.75, 3.05) is 13.1 Å². The molecular formula is C15H23FN2. The van der Waals surface area contributed by atoms with Gasteiger partial charge in [0.1, 0.15) is 5.67 Å². The first-order valence-electron chi connectivity index (χ1n) is 6.60. The molecule has 1 aliphatic rings. The van der Waals surface area contributed by atoms with Crippen LogP contribution in [0.4, 0.5) is 4.39 Å². The minimum atomic E-state index is -1.44. The summed E-state index contributed by atoms with van der Waals surface area (Å²) in [7, 11) is 0. The van der Waals surface area contributed by atoms with Gasteiger partial charge in [0.05, 0.1) is 6.04 Å². The lowest BCUT2D eigenvalue weighted by Crippen LogP contribution is -2.55. The number of hydrogen-bond donors (Lipinski definition) is 2. The summed E-state index contributed by atoms with van der Waals surface area (Å²) in [6, 6.07) is 7.77. The van der Waals surface area contributed by atoms with Crippen molar-refractivity contribution >= 4 is 0 Å². The standard InChI is InChI=1S/C15H23FN2/c1-14(2,3)15(16,10-17)13-12-7-5-4-6-11(12)8-9-18-13/h4-7,13,18H,8-10,17H2,1-3H3. The van der Waals surface area contributed by atoms with Crippen molar-refractivity contribution in [1.29, 1.82) is 0 Å². The van der Waals surface area contributed by atoms with Gasteiger partial charge < -0.3 is 11.1 Å². The van der Waals surface area contributed by atoms with Gasteiger partial charge in [-0.25, -0.2) is 4.39 Å². The summed E-state index contributed by atoms with van der Waals surface area (Å²) < 4.78 is 15.4. The van der Waals surface area contributed by atoms with Crippen molar-refractivity contribution in [3.05, 3.63) is 35.4 Å². The molecular weight excluding hydrogens is 227 g/mol. The second kappa shape index (κ2) is 4.63. The quantitative estimate of drug-likeness (QED) is 0.846. The summed E-state index contributed by atoms with van der Waals surface area (Å²) in [5.74, 6) is 0. The highest BCUT2D eigenvalue weighted by atomic mass is 19.1. The van der Waals surface area contributed by atoms with E-state index in [1.807, 2.05) is 39.0 Å². The fourth-order valence-electron chi connectivity index (χ4n) is 2.77. The molecule has 0 spiro atoms. The molecule has 0 amide bonds. The molecule has 2 atom stereocenters. The fraction of sp³-hybridized carbons (Fsp3) is 0.600. The van der Waals surface area contributed by atoms with E-state index in [0.29, 0.717) is 0 Å². The highest BCUT2D eigenvalue weighted by Crippen LogP contribution is 2.44. The lowest BCUT2D eigenvalue weighted by atomic mass is 9.70. The lowest BCUT2D eigenvalue weighted by Gasteiger charge is -2.45. The Morgan fingerprint density at radius 3 is 2.61 bits per heavy atom. The zero-order chi connectivity index (χ0) is 13.4. The van der Waals surface area contributed by atoms with Gasteiger partial charge >= 0.3 is 0 Å². The highest BCUT2D eigenvalue weighted by Gasteiger charge is 2.49. The van der Waals surface area contributed by atoms with Crippen LogP contribution in [0.25, 0.3) is 0 Å². The van der Waals surface area contributed by atoms with Crippen LogP contribution in [0.3, 0.4) is 0 Å². The number of benzene rings is 1. The molecule has 1 heterocycles. The van der Waals surface area contributed by atoms with Gasteiger partial charge in [-0.3, -0.25) is 0 Å². The molecule has 0 aliphatic carbocycles. The molecule has 100 valence electrons. The molecule has 18 heavy (non-hydrogen) atoms. The summed E-state index contributed by atoms with van der Waals surface area (Å²) in [6.07, 6.45) is 0.956. The van der Waals surface area contributed by atoms with E-state index in [1.54, 1.807) is 0 Å². The van der Waals surface area contributed by atoms with Crippen LogP contribution < -0.4 is 11.1 Å². The summed E-state index contributed by atoms with van der Waals surface area (Å²) in [5.41, 5.74) is 6.13. The van der Waals surface area contributed by atoms with Crippen LogP contribution in [0, 0.1) is 5.41 Å². The third-order valence-electron chi connectivity index (χ3n) is 4.11. The molecule has 2 rings (SSSR count). The van der Waals surface area contributed by atoms with Crippen LogP contribution >= 0.6 is 0 Å². The topological polar surface area (TPSA) is 38.0 Å². The third-order valence-corrected chi connectivity index (χ3v) is 4.11. The number of nitrogens with two attached hydrogens (primary N) is 1. The zero-order valence-corrected chi connectivity index (χ0v) is 11.5. The highest BCUT2D eigenvalue weighted by molar-refractivity contribution is 5.35. The summed E-state index contributed by atoms with van der Waals surface area (Å²) in [4.78, 5) is 0. The second-order valence-corrected chi connectivity index (χ2v) is 6.15. The molecule has 0 radical (unpaired) electrons. The molecule has 1 aliphatic heterocycles. The van der Waals surface area contributed by atoms with Crippen molar-refractivity contribution in [2.24, 2.45) is 11.1 Å². The van der Waals surface area contributed by atoms with E-state index >= 15 is 4.39 Å². The summed E-state index contributed by atoms with van der Waals surface area (Å²) in [6.45, 7) is 6.59. The van der Waals surface area contributed by atoms with Crippen LogP contribution in [0.2, 0.25) is 0 Å². The Kier molecular flexibility index (Phi) is 3.47. The maximum Gasteiger partial charge on any atom is 0.147 e. The molecule has 3 N–H and O–H groups in total. The van der Waals surface area contributed by atoms with Crippen LogP contribution in [0.15, 0.2) is 24.3 Å². The monoisotopic (exact) mass is 250 g/mol. The van der Waals surface area contributed by atoms with E-state index in [1.165, 1.54) is 5.56 Å². The molecule has 1 aromatic carbocycles. The Labute approximate surface area is 109 Å². The molecule has 2 unspecified atom stereocenters. The Balaban J connectivity index is 2.46. The molecule has 0 aromatic heterocycles. The van der Waals surface area contributed by atoms with Crippen molar-refractivity contribution in [1.82, 2.24) is 5.32 Å². The smallest absolute Gasteiger partial charge is 0.147 e. The van der Waals surface area contributed by atoms with Crippen LogP contribution in [-0.2, 0) is 6.42 Å². The van der Waals surface area contributed by atoms with E-state index in [2.05, 4.69) is 11.4 Å². The molecule has 1 aromatic rings. The van der Waals surface area contributed by atoms with Gasteiger partial charge in [0.15, 0.2) is 0 Å². The average Bonchev–Trinajstić information content (AvgIpc) is 2.35. The maximum atomic E-state index is 15.4. The Hall–Kier alpha value is -0.930. The molecule has 3 heteroatoms. The van der Waals surface area contributed by atoms with Gasteiger partial charge in [-0.2, -0.15) is 0 Å². The number of halogens is 1. The summed E-state index contributed by atoms with van der Waals surface area (Å²) >= 11 is 0. The first kappa shape index (κ1) is 13.5. The fourth-order valence-corrected chi connectivity index (χ4v) is 2.77. The number of fused-ring (bicyclic) bond motifs is 1. The van der Waals surface area contributed by atoms with Gasteiger partial charge in [-0.05, 0) is 29.5 Å². The number of alkyl halides is 1. The Morgan fingerprint density at radius 2 is 2.00 bits per heavy atom. The van der Waals surface area contributed by atoms with E-state index in [0.717, 1.165) is 18.5 Å². The van der Waals surface area contributed by atoms with Crippen molar-refractivity contribution < 1.29 is 4.39 Å². The second-order valence-electron chi connectivity index (χ2n) is 6.15. The van der Waals surface area contributed by atoms with E-state index in [9.17, 15) is 0 Å². The normalized spacial score (nSPS) is 23.3. The van der Waals surface area contributed by atoms with Crippen LogP contribution in [-0.4, -0.2) is 18.8 Å². The zero-order valence-electron chi connectivity index (χ0n) is 11.5. The predicted molar refractivity (Wildman–Crippen MR) is 73.2 cm³/mol. The van der Waals surface area contributed by atoms with E-state index in [4.69, 9.17) is 5.73 Å². The largest absolute Gasteiger partial charge is 0.327 e. The van der Waals surface area contributed by atoms with Gasteiger partial charge in [-0.15, -0.1) is 0 Å². The number of hydrogen-bond acceptors (Lipinski definition) is 2. The minimum absolute atomic E-state index is 0.0303. The van der Waals surface area contributed by atoms with Gasteiger partial charge in [0.25, 0.3) is 0 Å². The van der Waals surface area contributed by atoms with Crippen molar-refractivity contribution in [3.8, 4) is 0 Å². The molecule has 0 bridgehead atoms. The number of rotatable bonds is 2. The predicted octanol–water partition coefficient (Wildman–Crippen LogP) is 2.59. The average molecular weight is 250 g/mol. The lowest BCUT2D eigenvalue weighted by molar-refractivity contribution is -0.00338. The first-order valence-corrected chi connectivity index (χ1v) is 6.60. The van der Waals surface area contributed by atoms with E-state index < -0.39 is 11.1 Å². The molecule has 0 fully saturated rings. The van der Waals surface area contributed by atoms with Gasteiger partial charge in [0, 0.05) is 6.54 Å². The van der Waals surface area contributed by atoms with Crippen LogP contribution in [0.1, 0.15) is 37.9 Å². The molecule has 0 saturated heterocycles. The van der Waals surface area contributed by atoms with Gasteiger partial charge in [-0.1, -0.05) is 45.0 Å². The SMILES string of the molecule is CC(C)(C)C(F)(CN)C1NCCc2ccccc21. The Morgan fingerprint density at radius 1 is 1.33 bits per heavy atom. The van der Waals surface area contributed by atoms with Crippen LogP contribution in [0.5, 0.6) is 0 Å². The Bertz CT molecular complexity index is 425. The number of nitrogens with one attached hydrogen (secondary N) is 1. The first-order chi connectivity index (χ1) is 8.40.